The first-order valence-corrected chi connectivity index (χ1v) is 7.96. The van der Waals surface area contributed by atoms with Crippen molar-refractivity contribution in [1.82, 2.24) is 14.7 Å². The van der Waals surface area contributed by atoms with E-state index in [0.29, 0.717) is 15.7 Å². The third-order valence-corrected chi connectivity index (χ3v) is 4.31. The lowest BCUT2D eigenvalue weighted by atomic mass is 10.1. The summed E-state index contributed by atoms with van der Waals surface area (Å²) in [5.41, 5.74) is 1.66. The Morgan fingerprint density at radius 2 is 1.96 bits per heavy atom. The van der Waals surface area contributed by atoms with E-state index in [1.165, 1.54) is 4.90 Å². The number of amides is 1. The lowest BCUT2D eigenvalue weighted by Gasteiger charge is -2.18. The van der Waals surface area contributed by atoms with Gasteiger partial charge in [0.15, 0.2) is 5.69 Å². The zero-order valence-electron chi connectivity index (χ0n) is 13.5. The van der Waals surface area contributed by atoms with Crippen LogP contribution in [0.5, 0.6) is 0 Å². The Kier molecular flexibility index (Phi) is 5.51. The van der Waals surface area contributed by atoms with Gasteiger partial charge in [-0.05, 0) is 31.2 Å². The van der Waals surface area contributed by atoms with Crippen LogP contribution in [0.15, 0.2) is 24.3 Å². The molecule has 1 N–H and O–H groups in total. The monoisotopic (exact) mass is 369 g/mol. The number of carboxylic acids is 1. The molecule has 8 heteroatoms. The first-order valence-electron chi connectivity index (χ1n) is 7.21. The van der Waals surface area contributed by atoms with Crippen LogP contribution in [0.1, 0.15) is 23.1 Å². The average molecular weight is 370 g/mol. The van der Waals surface area contributed by atoms with Crippen LogP contribution in [0.2, 0.25) is 10.0 Å². The van der Waals surface area contributed by atoms with Gasteiger partial charge in [-0.2, -0.15) is 5.10 Å². The SMILES string of the molecule is Cc1cc(C(=O)N(C)CC(C)C(=O)O)nn1-c1ccc(Cl)c(Cl)c1. The lowest BCUT2D eigenvalue weighted by Crippen LogP contribution is -2.34. The zero-order chi connectivity index (χ0) is 18.0. The maximum Gasteiger partial charge on any atom is 0.308 e. The van der Waals surface area contributed by atoms with Gasteiger partial charge in [0.2, 0.25) is 0 Å². The van der Waals surface area contributed by atoms with Crippen LogP contribution in [0, 0.1) is 12.8 Å². The van der Waals surface area contributed by atoms with Crippen LogP contribution in [0.4, 0.5) is 0 Å². The number of aromatic nitrogens is 2. The second kappa shape index (κ2) is 7.23. The number of aliphatic carboxylic acids is 1. The maximum absolute atomic E-state index is 12.4. The summed E-state index contributed by atoms with van der Waals surface area (Å²) >= 11 is 11.9. The van der Waals surface area contributed by atoms with Crippen LogP contribution in [0.25, 0.3) is 5.69 Å². The predicted molar refractivity (Wildman–Crippen MR) is 92.1 cm³/mol. The largest absolute Gasteiger partial charge is 0.481 e. The molecule has 0 fully saturated rings. The highest BCUT2D eigenvalue weighted by Crippen LogP contribution is 2.25. The molecule has 1 atom stereocenters. The minimum absolute atomic E-state index is 0.104. The molecule has 128 valence electrons. The Balaban J connectivity index is 2.26. The lowest BCUT2D eigenvalue weighted by molar-refractivity contribution is -0.141. The molecule has 1 unspecified atom stereocenters. The van der Waals surface area contributed by atoms with E-state index in [1.807, 2.05) is 6.92 Å². The number of aryl methyl sites for hydroxylation is 1. The fourth-order valence-corrected chi connectivity index (χ4v) is 2.52. The Hall–Kier alpha value is -2.05. The first kappa shape index (κ1) is 18.3. The molecule has 1 amide bonds. The normalized spacial score (nSPS) is 12.0. The summed E-state index contributed by atoms with van der Waals surface area (Å²) in [6.45, 7) is 3.46. The molecule has 0 aliphatic heterocycles. The summed E-state index contributed by atoms with van der Waals surface area (Å²) in [5, 5.41) is 14.1. The number of hydrogen-bond donors (Lipinski definition) is 1. The van der Waals surface area contributed by atoms with Crippen molar-refractivity contribution in [3.8, 4) is 5.69 Å². The molecule has 1 aromatic carbocycles. The van der Waals surface area contributed by atoms with Crippen LogP contribution in [-0.4, -0.2) is 45.3 Å². The third-order valence-electron chi connectivity index (χ3n) is 3.57. The molecule has 2 aromatic rings. The van der Waals surface area contributed by atoms with Crippen molar-refractivity contribution in [2.24, 2.45) is 5.92 Å². The van der Waals surface area contributed by atoms with Gasteiger partial charge >= 0.3 is 5.97 Å². The van der Waals surface area contributed by atoms with Crippen molar-refractivity contribution >= 4 is 35.1 Å². The summed E-state index contributed by atoms with van der Waals surface area (Å²) in [6.07, 6.45) is 0. The number of carbonyl (C=O) groups excluding carboxylic acids is 1. The van der Waals surface area contributed by atoms with Crippen molar-refractivity contribution in [3.63, 3.8) is 0 Å². The van der Waals surface area contributed by atoms with E-state index < -0.39 is 11.9 Å². The van der Waals surface area contributed by atoms with Gasteiger partial charge in [-0.3, -0.25) is 9.59 Å². The molecule has 2 rings (SSSR count). The van der Waals surface area contributed by atoms with Crippen molar-refractivity contribution < 1.29 is 14.7 Å². The molecule has 0 saturated heterocycles. The quantitative estimate of drug-likeness (QED) is 0.877. The molecule has 1 aromatic heterocycles. The molecule has 0 bridgehead atoms. The van der Waals surface area contributed by atoms with Gasteiger partial charge in [-0.25, -0.2) is 4.68 Å². The van der Waals surface area contributed by atoms with Crippen LogP contribution in [0.3, 0.4) is 0 Å². The van der Waals surface area contributed by atoms with Gasteiger partial charge in [0.25, 0.3) is 5.91 Å². The number of carbonyl (C=O) groups is 2. The standard InChI is InChI=1S/C16H17Cl2N3O3/c1-9(16(23)24)8-20(3)15(22)14-6-10(2)21(19-14)11-4-5-12(17)13(18)7-11/h4-7,9H,8H2,1-3H3,(H,23,24). The van der Waals surface area contributed by atoms with Gasteiger partial charge in [-0.15, -0.1) is 0 Å². The number of rotatable bonds is 5. The van der Waals surface area contributed by atoms with Gasteiger partial charge in [-0.1, -0.05) is 30.1 Å². The van der Waals surface area contributed by atoms with Crippen molar-refractivity contribution in [2.45, 2.75) is 13.8 Å². The van der Waals surface area contributed by atoms with Gasteiger partial charge in [0.1, 0.15) is 0 Å². The average Bonchev–Trinajstić information content (AvgIpc) is 2.90. The highest BCUT2D eigenvalue weighted by molar-refractivity contribution is 6.42. The number of carboxylic acid groups (broad SMARTS) is 1. The molecule has 0 radical (unpaired) electrons. The molecule has 24 heavy (non-hydrogen) atoms. The zero-order valence-corrected chi connectivity index (χ0v) is 15.0. The van der Waals surface area contributed by atoms with E-state index in [-0.39, 0.29) is 18.1 Å². The van der Waals surface area contributed by atoms with E-state index in [1.54, 1.807) is 42.9 Å². The maximum atomic E-state index is 12.4. The molecular formula is C16H17Cl2N3O3. The van der Waals surface area contributed by atoms with E-state index in [0.717, 1.165) is 5.69 Å². The van der Waals surface area contributed by atoms with Gasteiger partial charge in [0.05, 0.1) is 21.7 Å². The number of benzene rings is 1. The molecule has 0 saturated carbocycles. The molecule has 0 aliphatic carbocycles. The first-order chi connectivity index (χ1) is 11.2. The van der Waals surface area contributed by atoms with Gasteiger partial charge < -0.3 is 10.0 Å². The Morgan fingerprint density at radius 3 is 2.54 bits per heavy atom. The summed E-state index contributed by atoms with van der Waals surface area (Å²) in [7, 11) is 1.55. The predicted octanol–water partition coefficient (Wildman–Crippen LogP) is 3.28. The summed E-state index contributed by atoms with van der Waals surface area (Å²) in [6, 6.07) is 6.71. The fourth-order valence-electron chi connectivity index (χ4n) is 2.22. The van der Waals surface area contributed by atoms with Crippen molar-refractivity contribution in [2.75, 3.05) is 13.6 Å². The van der Waals surface area contributed by atoms with E-state index in [9.17, 15) is 9.59 Å². The molecule has 1 heterocycles. The van der Waals surface area contributed by atoms with Crippen molar-refractivity contribution in [1.29, 1.82) is 0 Å². The molecule has 6 nitrogen and oxygen atoms in total. The second-order valence-corrected chi connectivity index (χ2v) is 6.42. The molecular weight excluding hydrogens is 353 g/mol. The van der Waals surface area contributed by atoms with Crippen LogP contribution in [-0.2, 0) is 4.79 Å². The van der Waals surface area contributed by atoms with E-state index >= 15 is 0 Å². The topological polar surface area (TPSA) is 75.4 Å². The molecule has 0 aliphatic rings. The Labute approximate surface area is 149 Å². The highest BCUT2D eigenvalue weighted by Gasteiger charge is 2.21. The smallest absolute Gasteiger partial charge is 0.308 e. The van der Waals surface area contributed by atoms with Crippen LogP contribution >= 0.6 is 23.2 Å². The summed E-state index contributed by atoms with van der Waals surface area (Å²) in [5.74, 6) is -1.95. The fraction of sp³-hybridized carbons (Fsp3) is 0.312. The summed E-state index contributed by atoms with van der Waals surface area (Å²) < 4.78 is 1.59. The third kappa shape index (κ3) is 3.88. The number of hydrogen-bond acceptors (Lipinski definition) is 3. The molecule has 0 spiro atoms. The van der Waals surface area contributed by atoms with Crippen molar-refractivity contribution in [3.05, 3.63) is 45.7 Å². The second-order valence-electron chi connectivity index (χ2n) is 5.61. The number of halogens is 2. The minimum Gasteiger partial charge on any atom is -0.481 e. The van der Waals surface area contributed by atoms with Gasteiger partial charge in [0, 0.05) is 19.3 Å². The Morgan fingerprint density at radius 1 is 1.29 bits per heavy atom. The van der Waals surface area contributed by atoms with E-state index in [4.69, 9.17) is 28.3 Å². The van der Waals surface area contributed by atoms with Crippen LogP contribution < -0.4 is 0 Å². The number of nitrogens with zero attached hydrogens (tertiary/aromatic N) is 3. The summed E-state index contributed by atoms with van der Waals surface area (Å²) in [4.78, 5) is 24.7. The Bertz CT molecular complexity index is 789. The van der Waals surface area contributed by atoms with E-state index in [2.05, 4.69) is 5.10 Å². The minimum atomic E-state index is -0.952. The highest BCUT2D eigenvalue weighted by atomic mass is 35.5.